The summed E-state index contributed by atoms with van der Waals surface area (Å²) in [6, 6.07) is 90.4. The van der Waals surface area contributed by atoms with E-state index in [1.807, 2.05) is 0 Å². The van der Waals surface area contributed by atoms with E-state index in [0.29, 0.717) is 0 Å². The van der Waals surface area contributed by atoms with E-state index in [-0.39, 0.29) is 5.41 Å². The molecule has 0 saturated heterocycles. The number of hydrogen-bond donors (Lipinski definition) is 0. The van der Waals surface area contributed by atoms with Gasteiger partial charge in [0, 0.05) is 5.41 Å². The Morgan fingerprint density at radius 3 is 1.09 bits per heavy atom. The van der Waals surface area contributed by atoms with E-state index in [9.17, 15) is 0 Å². The highest BCUT2D eigenvalue weighted by Crippen LogP contribution is 2.57. The zero-order valence-corrected chi connectivity index (χ0v) is 36.1. The molecular formula is C64H46. The molecule has 0 fully saturated rings. The van der Waals surface area contributed by atoms with Crippen LogP contribution >= 0.6 is 0 Å². The molecule has 10 aromatic rings. The van der Waals surface area contributed by atoms with E-state index in [4.69, 9.17) is 0 Å². The van der Waals surface area contributed by atoms with Gasteiger partial charge < -0.3 is 0 Å². The monoisotopic (exact) mass is 814 g/mol. The van der Waals surface area contributed by atoms with E-state index in [1.165, 1.54) is 111 Å². The molecule has 12 rings (SSSR count). The van der Waals surface area contributed by atoms with Crippen LogP contribution in [0.25, 0.3) is 77.9 Å². The van der Waals surface area contributed by atoms with E-state index in [1.54, 1.807) is 0 Å². The van der Waals surface area contributed by atoms with Gasteiger partial charge >= 0.3 is 0 Å². The normalized spacial score (nSPS) is 13.7. The molecule has 2 aliphatic rings. The summed E-state index contributed by atoms with van der Waals surface area (Å²) in [4.78, 5) is 0. The molecule has 0 spiro atoms. The van der Waals surface area contributed by atoms with Crippen LogP contribution in [0.4, 0.5) is 0 Å². The summed E-state index contributed by atoms with van der Waals surface area (Å²) in [6.45, 7) is 4.73. The van der Waals surface area contributed by atoms with Crippen molar-refractivity contribution < 1.29 is 0 Å². The van der Waals surface area contributed by atoms with E-state index in [0.717, 1.165) is 0 Å². The van der Waals surface area contributed by atoms with Gasteiger partial charge in [-0.15, -0.1) is 0 Å². The number of benzene rings is 10. The van der Waals surface area contributed by atoms with Crippen LogP contribution in [0.15, 0.2) is 243 Å². The molecule has 0 radical (unpaired) electrons. The number of rotatable bonds is 7. The molecule has 0 heterocycles. The maximum atomic E-state index is 2.47. The van der Waals surface area contributed by atoms with Crippen molar-refractivity contribution in [1.82, 2.24) is 0 Å². The number of hydrogen-bond acceptors (Lipinski definition) is 0. The van der Waals surface area contributed by atoms with Gasteiger partial charge in [-0.3, -0.25) is 0 Å². The Hall–Kier alpha value is -7.80. The molecule has 0 heteroatoms. The average Bonchev–Trinajstić information content (AvgIpc) is 3.80. The second-order valence-corrected chi connectivity index (χ2v) is 18.0. The predicted molar refractivity (Wildman–Crippen MR) is 268 cm³/mol. The van der Waals surface area contributed by atoms with Crippen molar-refractivity contribution in [2.75, 3.05) is 0 Å². The van der Waals surface area contributed by atoms with Crippen LogP contribution < -0.4 is 0 Å². The second kappa shape index (κ2) is 14.9. The highest BCUT2D eigenvalue weighted by Gasteiger charge is 2.46. The largest absolute Gasteiger partial charge is 0.0713 e. The Balaban J connectivity index is 1.01. The maximum absolute atomic E-state index is 2.47. The Bertz CT molecular complexity index is 3300. The first kappa shape index (κ1) is 37.9. The van der Waals surface area contributed by atoms with Gasteiger partial charge in [0.1, 0.15) is 0 Å². The van der Waals surface area contributed by atoms with Crippen molar-refractivity contribution >= 4 is 0 Å². The summed E-state index contributed by atoms with van der Waals surface area (Å²) in [5.74, 6) is 0. The molecule has 2 aliphatic carbocycles. The van der Waals surface area contributed by atoms with Crippen molar-refractivity contribution in [3.8, 4) is 77.9 Å². The van der Waals surface area contributed by atoms with E-state index >= 15 is 0 Å². The van der Waals surface area contributed by atoms with Crippen LogP contribution in [0.5, 0.6) is 0 Å². The van der Waals surface area contributed by atoms with Crippen LogP contribution in [0.2, 0.25) is 0 Å². The van der Waals surface area contributed by atoms with E-state index in [2.05, 4.69) is 257 Å². The fourth-order valence-corrected chi connectivity index (χ4v) is 11.0. The summed E-state index contributed by atoms with van der Waals surface area (Å²) < 4.78 is 0. The Morgan fingerprint density at radius 2 is 0.562 bits per heavy atom. The van der Waals surface area contributed by atoms with Crippen LogP contribution in [0, 0.1) is 0 Å². The summed E-state index contributed by atoms with van der Waals surface area (Å²) in [7, 11) is 0. The fraction of sp³-hybridized carbons (Fsp3) is 0.0625. The van der Waals surface area contributed by atoms with Gasteiger partial charge in [-0.05, 0) is 154 Å². The molecule has 10 aromatic carbocycles. The zero-order valence-electron chi connectivity index (χ0n) is 36.1. The molecule has 0 atom stereocenters. The van der Waals surface area contributed by atoms with Crippen LogP contribution in [0.1, 0.15) is 47.2 Å². The first-order valence-corrected chi connectivity index (χ1v) is 22.5. The third-order valence-corrected chi connectivity index (χ3v) is 14.1. The van der Waals surface area contributed by atoms with Gasteiger partial charge in [0.25, 0.3) is 0 Å². The topological polar surface area (TPSA) is 0 Å². The highest BCUT2D eigenvalue weighted by atomic mass is 14.5. The minimum Gasteiger partial charge on any atom is -0.0622 e. The predicted octanol–water partition coefficient (Wildman–Crippen LogP) is 16.7. The molecule has 302 valence electrons. The third-order valence-electron chi connectivity index (χ3n) is 14.1. The molecule has 64 heavy (non-hydrogen) atoms. The van der Waals surface area contributed by atoms with Crippen molar-refractivity contribution in [1.29, 1.82) is 0 Å². The van der Waals surface area contributed by atoms with E-state index < -0.39 is 5.41 Å². The lowest BCUT2D eigenvalue weighted by Gasteiger charge is -2.34. The third kappa shape index (κ3) is 5.98. The van der Waals surface area contributed by atoms with Gasteiger partial charge in [-0.1, -0.05) is 214 Å². The lowest BCUT2D eigenvalue weighted by Crippen LogP contribution is -2.28. The summed E-state index contributed by atoms with van der Waals surface area (Å²) in [5, 5.41) is 0. The summed E-state index contributed by atoms with van der Waals surface area (Å²) in [5.41, 5.74) is 24.7. The Labute approximate surface area is 376 Å². The molecule has 0 aromatic heterocycles. The van der Waals surface area contributed by atoms with Gasteiger partial charge in [0.05, 0.1) is 5.41 Å². The first-order chi connectivity index (χ1) is 31.5. The molecule has 0 bridgehead atoms. The van der Waals surface area contributed by atoms with Crippen molar-refractivity contribution in [2.24, 2.45) is 0 Å². The van der Waals surface area contributed by atoms with Gasteiger partial charge in [0.2, 0.25) is 0 Å². The molecule has 0 amide bonds. The Kier molecular flexibility index (Phi) is 8.85. The lowest BCUT2D eigenvalue weighted by atomic mass is 9.67. The summed E-state index contributed by atoms with van der Waals surface area (Å²) in [6.07, 6.45) is 0. The second-order valence-electron chi connectivity index (χ2n) is 18.0. The van der Waals surface area contributed by atoms with Crippen molar-refractivity contribution in [3.63, 3.8) is 0 Å². The minimum absolute atomic E-state index is 0.0727. The molecule has 0 unspecified atom stereocenters. The summed E-state index contributed by atoms with van der Waals surface area (Å²) >= 11 is 0. The Morgan fingerprint density at radius 1 is 0.219 bits per heavy atom. The molecule has 0 nitrogen and oxygen atoms in total. The smallest absolute Gasteiger partial charge is 0.0622 e. The van der Waals surface area contributed by atoms with Gasteiger partial charge in [-0.2, -0.15) is 0 Å². The van der Waals surface area contributed by atoms with Crippen LogP contribution in [-0.4, -0.2) is 0 Å². The van der Waals surface area contributed by atoms with Crippen molar-refractivity contribution in [2.45, 2.75) is 24.7 Å². The number of fused-ring (bicyclic) bond motifs is 6. The van der Waals surface area contributed by atoms with Gasteiger partial charge in [0.15, 0.2) is 0 Å². The lowest BCUT2D eigenvalue weighted by molar-refractivity contribution is 0.660. The minimum atomic E-state index is -0.544. The molecule has 0 saturated carbocycles. The van der Waals surface area contributed by atoms with Crippen molar-refractivity contribution in [3.05, 3.63) is 276 Å². The van der Waals surface area contributed by atoms with Crippen LogP contribution in [-0.2, 0) is 10.8 Å². The molecular weight excluding hydrogens is 769 g/mol. The van der Waals surface area contributed by atoms with Crippen LogP contribution in [0.3, 0.4) is 0 Å². The zero-order chi connectivity index (χ0) is 42.8. The maximum Gasteiger partial charge on any atom is 0.0713 e. The SMILES string of the molecule is CC1(C)c2ccccc2-c2ccc(-c3cccc(C4(c5cccc(-c6cccc(-c7cc(-c8ccccc8)cc(-c8ccccc8)c7)c6)c5)c5ccccc5-c5ccccc54)c3)cc21. The van der Waals surface area contributed by atoms with Gasteiger partial charge in [-0.25, -0.2) is 0 Å². The highest BCUT2D eigenvalue weighted by molar-refractivity contribution is 5.89. The fourth-order valence-electron chi connectivity index (χ4n) is 11.0. The molecule has 0 N–H and O–H groups in total. The standard InChI is InChI=1S/C64H46/c1-63(2)59-31-12-9-28-55(59)58-35-34-49(42-62(58)63)48-25-17-27-54(41-48)64(60-32-13-10-29-56(60)57-30-11-14-33-61(57)64)53-26-16-24-47(40-53)45-22-15-23-46(36-45)52-38-50(43-18-5-3-6-19-43)37-51(39-52)44-20-7-4-8-21-44/h3-42H,1-2H3. The molecule has 0 aliphatic heterocycles. The first-order valence-electron chi connectivity index (χ1n) is 22.5. The average molecular weight is 815 g/mol. The quantitative estimate of drug-likeness (QED) is 0.150.